The van der Waals surface area contributed by atoms with Crippen molar-refractivity contribution in [3.05, 3.63) is 24.3 Å². The zero-order valence-electron chi connectivity index (χ0n) is 12.0. The van der Waals surface area contributed by atoms with E-state index in [1.807, 2.05) is 38.1 Å². The van der Waals surface area contributed by atoms with Crippen LogP contribution < -0.4 is 26.1 Å². The topological polar surface area (TPSA) is 107 Å². The van der Waals surface area contributed by atoms with E-state index >= 15 is 0 Å². The third-order valence-corrected chi connectivity index (χ3v) is 2.42. The summed E-state index contributed by atoms with van der Waals surface area (Å²) >= 11 is 0. The molecule has 1 heterocycles. The van der Waals surface area contributed by atoms with Crippen LogP contribution >= 0.6 is 0 Å². The van der Waals surface area contributed by atoms with Crippen LogP contribution in [0.5, 0.6) is 11.8 Å². The minimum absolute atomic E-state index is 0.198. The second-order valence-electron chi connectivity index (χ2n) is 3.93. The Hall–Kier alpha value is -2.61. The fourth-order valence-electron chi connectivity index (χ4n) is 1.63. The molecule has 0 aliphatic heterocycles. The summed E-state index contributed by atoms with van der Waals surface area (Å²) in [6.07, 6.45) is 0. The number of nitrogens with zero attached hydrogens (tertiary/aromatic N) is 3. The van der Waals surface area contributed by atoms with Gasteiger partial charge in [0.2, 0.25) is 11.9 Å². The summed E-state index contributed by atoms with van der Waals surface area (Å²) in [5, 5.41) is 3.06. The third kappa shape index (κ3) is 4.18. The molecule has 2 rings (SSSR count). The fourth-order valence-corrected chi connectivity index (χ4v) is 1.63. The van der Waals surface area contributed by atoms with E-state index in [2.05, 4.69) is 25.7 Å². The molecule has 0 unspecified atom stereocenters. The van der Waals surface area contributed by atoms with E-state index in [0.717, 1.165) is 11.4 Å². The number of nitrogens with one attached hydrogen (secondary N) is 2. The van der Waals surface area contributed by atoms with Gasteiger partial charge in [0.1, 0.15) is 5.75 Å². The molecule has 8 heteroatoms. The lowest BCUT2D eigenvalue weighted by Crippen LogP contribution is -2.13. The van der Waals surface area contributed by atoms with Crippen LogP contribution in [-0.2, 0) is 0 Å². The highest BCUT2D eigenvalue weighted by Crippen LogP contribution is 2.21. The van der Waals surface area contributed by atoms with Crippen molar-refractivity contribution in [1.82, 2.24) is 15.0 Å². The van der Waals surface area contributed by atoms with Crippen molar-refractivity contribution < 1.29 is 9.47 Å². The van der Waals surface area contributed by atoms with E-state index in [4.69, 9.17) is 15.3 Å². The average Bonchev–Trinajstić information content (AvgIpc) is 2.48. The Kier molecular flexibility index (Phi) is 5.10. The van der Waals surface area contributed by atoms with Crippen molar-refractivity contribution in [2.24, 2.45) is 5.84 Å². The Bertz CT molecular complexity index is 593. The molecule has 1 aromatic heterocycles. The normalized spacial score (nSPS) is 10.0. The summed E-state index contributed by atoms with van der Waals surface area (Å²) in [7, 11) is 0. The number of nitrogen functional groups attached to an aromatic ring is 1. The van der Waals surface area contributed by atoms with Gasteiger partial charge in [0.05, 0.1) is 13.2 Å². The van der Waals surface area contributed by atoms with Crippen molar-refractivity contribution in [3.63, 3.8) is 0 Å². The second-order valence-corrected chi connectivity index (χ2v) is 3.93. The highest BCUT2D eigenvalue weighted by Gasteiger charge is 2.07. The number of anilines is 3. The highest BCUT2D eigenvalue weighted by molar-refractivity contribution is 5.56. The molecule has 0 aliphatic rings. The van der Waals surface area contributed by atoms with Gasteiger partial charge in [0, 0.05) is 11.8 Å². The first kappa shape index (κ1) is 14.8. The Morgan fingerprint density at radius 3 is 2.52 bits per heavy atom. The van der Waals surface area contributed by atoms with Gasteiger partial charge in [0.25, 0.3) is 0 Å². The lowest BCUT2D eigenvalue weighted by atomic mass is 10.3. The number of hydrogen-bond acceptors (Lipinski definition) is 8. The molecule has 0 saturated carbocycles. The second kappa shape index (κ2) is 7.25. The van der Waals surface area contributed by atoms with Gasteiger partial charge in [-0.1, -0.05) is 6.07 Å². The van der Waals surface area contributed by atoms with Crippen LogP contribution in [0.4, 0.5) is 17.6 Å². The number of rotatable bonds is 7. The van der Waals surface area contributed by atoms with Crippen molar-refractivity contribution in [1.29, 1.82) is 0 Å². The molecule has 8 nitrogen and oxygen atoms in total. The highest BCUT2D eigenvalue weighted by atomic mass is 16.5. The maximum atomic E-state index is 5.44. The molecule has 112 valence electrons. The molecule has 21 heavy (non-hydrogen) atoms. The summed E-state index contributed by atoms with van der Waals surface area (Å²) in [5.74, 6) is 6.65. The van der Waals surface area contributed by atoms with Gasteiger partial charge in [-0.2, -0.15) is 15.0 Å². The lowest BCUT2D eigenvalue weighted by molar-refractivity contribution is 0.312. The molecule has 0 fully saturated rings. The van der Waals surface area contributed by atoms with Crippen LogP contribution in [0.2, 0.25) is 0 Å². The number of ether oxygens (including phenoxy) is 2. The van der Waals surface area contributed by atoms with Crippen molar-refractivity contribution >= 4 is 17.6 Å². The van der Waals surface area contributed by atoms with Gasteiger partial charge in [-0.15, -0.1) is 0 Å². The maximum absolute atomic E-state index is 5.44. The first-order valence-corrected chi connectivity index (χ1v) is 6.60. The first-order chi connectivity index (χ1) is 10.2. The van der Waals surface area contributed by atoms with Crippen molar-refractivity contribution in [2.45, 2.75) is 13.8 Å². The predicted octanol–water partition coefficient (Wildman–Crippen LogP) is 1.70. The van der Waals surface area contributed by atoms with Crippen molar-refractivity contribution in [3.8, 4) is 11.8 Å². The molecule has 0 radical (unpaired) electrons. The minimum Gasteiger partial charge on any atom is -0.494 e. The first-order valence-electron chi connectivity index (χ1n) is 6.60. The van der Waals surface area contributed by atoms with Gasteiger partial charge in [-0.05, 0) is 26.0 Å². The molecule has 0 bridgehead atoms. The van der Waals surface area contributed by atoms with Crippen LogP contribution in [0.1, 0.15) is 13.8 Å². The summed E-state index contributed by atoms with van der Waals surface area (Å²) in [6, 6.07) is 7.68. The molecule has 0 spiro atoms. The Morgan fingerprint density at radius 1 is 1.05 bits per heavy atom. The largest absolute Gasteiger partial charge is 0.494 e. The molecule has 2 aromatic rings. The van der Waals surface area contributed by atoms with Gasteiger partial charge in [-0.3, -0.25) is 5.43 Å². The zero-order chi connectivity index (χ0) is 15.1. The number of aromatic nitrogens is 3. The minimum atomic E-state index is 0.198. The smallest absolute Gasteiger partial charge is 0.323 e. The SMILES string of the molecule is CCOc1cccc(Nc2nc(NN)nc(OCC)n2)c1. The van der Waals surface area contributed by atoms with Gasteiger partial charge < -0.3 is 14.8 Å². The molecule has 0 atom stereocenters. The third-order valence-electron chi connectivity index (χ3n) is 2.42. The van der Waals surface area contributed by atoms with Crippen molar-refractivity contribution in [2.75, 3.05) is 24.0 Å². The standard InChI is InChI=1S/C13H18N6O2/c1-3-20-10-7-5-6-9(8-10)15-11-16-12(19-14)18-13(17-11)21-4-2/h5-8H,3-4,14H2,1-2H3,(H2,15,16,17,18,19). The maximum Gasteiger partial charge on any atom is 0.323 e. The van der Waals surface area contributed by atoms with E-state index in [-0.39, 0.29) is 12.0 Å². The monoisotopic (exact) mass is 290 g/mol. The van der Waals surface area contributed by atoms with E-state index in [9.17, 15) is 0 Å². The summed E-state index contributed by atoms with van der Waals surface area (Å²) in [6.45, 7) is 4.83. The van der Waals surface area contributed by atoms with E-state index in [1.54, 1.807) is 0 Å². The van der Waals surface area contributed by atoms with Gasteiger partial charge in [0.15, 0.2) is 0 Å². The Labute approximate surface area is 122 Å². The summed E-state index contributed by atoms with van der Waals surface area (Å²) < 4.78 is 10.7. The number of nitrogens with two attached hydrogens (primary N) is 1. The van der Waals surface area contributed by atoms with Gasteiger partial charge in [-0.25, -0.2) is 5.84 Å². The number of hydrogen-bond donors (Lipinski definition) is 3. The predicted molar refractivity (Wildman–Crippen MR) is 79.7 cm³/mol. The van der Waals surface area contributed by atoms with Crippen LogP contribution in [0.25, 0.3) is 0 Å². The van der Waals surface area contributed by atoms with Crippen LogP contribution in [0.3, 0.4) is 0 Å². The van der Waals surface area contributed by atoms with E-state index < -0.39 is 0 Å². The van der Waals surface area contributed by atoms with Gasteiger partial charge >= 0.3 is 6.01 Å². The average molecular weight is 290 g/mol. The molecule has 0 saturated heterocycles. The molecule has 4 N–H and O–H groups in total. The molecule has 0 aliphatic carbocycles. The van der Waals surface area contributed by atoms with E-state index in [1.165, 1.54) is 0 Å². The summed E-state index contributed by atoms with van der Waals surface area (Å²) in [4.78, 5) is 12.2. The molecular formula is C13H18N6O2. The Balaban J connectivity index is 2.21. The quantitative estimate of drug-likeness (QED) is 0.522. The lowest BCUT2D eigenvalue weighted by Gasteiger charge is -2.09. The zero-order valence-corrected chi connectivity index (χ0v) is 12.0. The Morgan fingerprint density at radius 2 is 1.81 bits per heavy atom. The summed E-state index contributed by atoms with van der Waals surface area (Å²) in [5.41, 5.74) is 3.17. The number of hydrazine groups is 1. The van der Waals surface area contributed by atoms with Crippen LogP contribution in [-0.4, -0.2) is 28.2 Å². The molecule has 0 amide bonds. The van der Waals surface area contributed by atoms with E-state index in [0.29, 0.717) is 19.2 Å². The number of benzene rings is 1. The fraction of sp³-hybridized carbons (Fsp3) is 0.308. The molecular weight excluding hydrogens is 272 g/mol. The van der Waals surface area contributed by atoms with Crippen LogP contribution in [0.15, 0.2) is 24.3 Å². The van der Waals surface area contributed by atoms with Crippen LogP contribution in [0, 0.1) is 0 Å². The molecule has 1 aromatic carbocycles.